The molecule has 0 saturated heterocycles. The number of amides is 1. The predicted octanol–water partition coefficient (Wildman–Crippen LogP) is 6.46. The molecule has 0 fully saturated rings. The van der Waals surface area contributed by atoms with Crippen LogP contribution in [-0.2, 0) is 20.0 Å². The summed E-state index contributed by atoms with van der Waals surface area (Å²) in [6.07, 6.45) is 0. The standard InChI is InChI=1S/C27H23Cl2N3O5S2/c1-17-3-9-24(10-4-17)39(36,37)32-26-13-19(6-5-18(26)2)27(33)30-22-7-11-25(12-8-22)38(34,35)31-23-15-20(28)14-21(29)16-23/h3-16,31-32H,1-2H3,(H,30,33). The lowest BCUT2D eigenvalue weighted by Crippen LogP contribution is -2.16. The van der Waals surface area contributed by atoms with Crippen molar-refractivity contribution in [3.05, 3.63) is 112 Å². The number of anilines is 3. The zero-order chi connectivity index (χ0) is 28.4. The first-order valence-corrected chi connectivity index (χ1v) is 15.2. The van der Waals surface area contributed by atoms with Gasteiger partial charge in [-0.3, -0.25) is 14.2 Å². The van der Waals surface area contributed by atoms with Crippen molar-refractivity contribution in [2.75, 3.05) is 14.8 Å². The van der Waals surface area contributed by atoms with Gasteiger partial charge >= 0.3 is 0 Å². The first-order valence-electron chi connectivity index (χ1n) is 11.4. The number of nitrogens with one attached hydrogen (secondary N) is 3. The fourth-order valence-corrected chi connectivity index (χ4v) is 6.23. The van der Waals surface area contributed by atoms with Crippen LogP contribution < -0.4 is 14.8 Å². The van der Waals surface area contributed by atoms with Gasteiger partial charge in [0.1, 0.15) is 0 Å². The van der Waals surface area contributed by atoms with E-state index in [9.17, 15) is 21.6 Å². The van der Waals surface area contributed by atoms with E-state index in [1.807, 2.05) is 6.92 Å². The Labute approximate surface area is 237 Å². The highest BCUT2D eigenvalue weighted by Crippen LogP contribution is 2.26. The van der Waals surface area contributed by atoms with Crippen molar-refractivity contribution < 1.29 is 21.6 Å². The molecule has 0 aromatic heterocycles. The molecular weight excluding hydrogens is 581 g/mol. The van der Waals surface area contributed by atoms with Crippen molar-refractivity contribution in [3.8, 4) is 0 Å². The second-order valence-corrected chi connectivity index (χ2v) is 12.9. The van der Waals surface area contributed by atoms with E-state index >= 15 is 0 Å². The summed E-state index contributed by atoms with van der Waals surface area (Å²) in [5.41, 5.74) is 2.57. The lowest BCUT2D eigenvalue weighted by molar-refractivity contribution is 0.102. The van der Waals surface area contributed by atoms with Crippen LogP contribution in [0.5, 0.6) is 0 Å². The van der Waals surface area contributed by atoms with Crippen molar-refractivity contribution >= 4 is 66.2 Å². The fraction of sp³-hybridized carbons (Fsp3) is 0.0741. The minimum Gasteiger partial charge on any atom is -0.322 e. The van der Waals surface area contributed by atoms with E-state index in [-0.39, 0.29) is 36.8 Å². The number of benzene rings is 4. The molecule has 0 aliphatic rings. The Hall–Kier alpha value is -3.57. The molecule has 0 unspecified atom stereocenters. The summed E-state index contributed by atoms with van der Waals surface area (Å²) < 4.78 is 56.1. The Morgan fingerprint density at radius 2 is 1.18 bits per heavy atom. The molecule has 12 heteroatoms. The van der Waals surface area contributed by atoms with Crippen molar-refractivity contribution in [2.24, 2.45) is 0 Å². The lowest BCUT2D eigenvalue weighted by Gasteiger charge is -2.13. The van der Waals surface area contributed by atoms with Crippen LogP contribution in [0.3, 0.4) is 0 Å². The molecule has 0 heterocycles. The maximum atomic E-state index is 12.9. The Morgan fingerprint density at radius 1 is 0.641 bits per heavy atom. The molecule has 3 N–H and O–H groups in total. The van der Waals surface area contributed by atoms with E-state index in [0.29, 0.717) is 11.3 Å². The highest BCUT2D eigenvalue weighted by atomic mass is 35.5. The van der Waals surface area contributed by atoms with Crippen LogP contribution in [0.25, 0.3) is 0 Å². The van der Waals surface area contributed by atoms with Gasteiger partial charge in [0.15, 0.2) is 0 Å². The molecule has 0 atom stereocenters. The fourth-order valence-electron chi connectivity index (χ4n) is 3.54. The molecule has 0 spiro atoms. The minimum absolute atomic E-state index is 0.0419. The summed E-state index contributed by atoms with van der Waals surface area (Å²) in [7, 11) is -7.80. The third kappa shape index (κ3) is 7.10. The first-order chi connectivity index (χ1) is 18.3. The average Bonchev–Trinajstić information content (AvgIpc) is 2.85. The van der Waals surface area contributed by atoms with Crippen molar-refractivity contribution in [1.29, 1.82) is 0 Å². The van der Waals surface area contributed by atoms with Crippen LogP contribution >= 0.6 is 23.2 Å². The van der Waals surface area contributed by atoms with Crippen molar-refractivity contribution in [2.45, 2.75) is 23.6 Å². The summed E-state index contributed by atoms with van der Waals surface area (Å²) >= 11 is 11.9. The molecule has 39 heavy (non-hydrogen) atoms. The highest BCUT2D eigenvalue weighted by Gasteiger charge is 2.18. The number of halogens is 2. The number of sulfonamides is 2. The van der Waals surface area contributed by atoms with Gasteiger partial charge < -0.3 is 5.32 Å². The van der Waals surface area contributed by atoms with E-state index in [0.717, 1.165) is 5.56 Å². The molecule has 0 radical (unpaired) electrons. The summed E-state index contributed by atoms with van der Waals surface area (Å²) in [6.45, 7) is 3.58. The van der Waals surface area contributed by atoms with E-state index in [4.69, 9.17) is 23.2 Å². The molecular formula is C27H23Cl2N3O5S2. The molecule has 0 saturated carbocycles. The molecule has 0 aliphatic carbocycles. The summed E-state index contributed by atoms with van der Waals surface area (Å²) in [6, 6.07) is 20.9. The first kappa shape index (κ1) is 28.4. The second-order valence-electron chi connectivity index (χ2n) is 8.69. The zero-order valence-electron chi connectivity index (χ0n) is 20.7. The Kier molecular flexibility index (Phi) is 8.22. The van der Waals surface area contributed by atoms with Crippen LogP contribution in [0.1, 0.15) is 21.5 Å². The monoisotopic (exact) mass is 603 g/mol. The second kappa shape index (κ2) is 11.3. The topological polar surface area (TPSA) is 121 Å². The van der Waals surface area contributed by atoms with Crippen LogP contribution in [0.15, 0.2) is 94.7 Å². The largest absolute Gasteiger partial charge is 0.322 e. The maximum Gasteiger partial charge on any atom is 0.261 e. The lowest BCUT2D eigenvalue weighted by atomic mass is 10.1. The van der Waals surface area contributed by atoms with E-state index < -0.39 is 26.0 Å². The molecule has 4 aromatic carbocycles. The quantitative estimate of drug-likeness (QED) is 0.213. The van der Waals surface area contributed by atoms with Gasteiger partial charge in [-0.25, -0.2) is 16.8 Å². The van der Waals surface area contributed by atoms with Crippen molar-refractivity contribution in [1.82, 2.24) is 0 Å². The van der Waals surface area contributed by atoms with Crippen LogP contribution in [-0.4, -0.2) is 22.7 Å². The Morgan fingerprint density at radius 3 is 1.77 bits per heavy atom. The van der Waals surface area contributed by atoms with Gasteiger partial charge in [-0.2, -0.15) is 0 Å². The molecule has 4 rings (SSSR count). The van der Waals surface area contributed by atoms with Crippen molar-refractivity contribution in [3.63, 3.8) is 0 Å². The summed E-state index contributed by atoms with van der Waals surface area (Å²) in [5, 5.41) is 3.24. The zero-order valence-corrected chi connectivity index (χ0v) is 23.8. The SMILES string of the molecule is Cc1ccc(S(=O)(=O)Nc2cc(C(=O)Nc3ccc(S(=O)(=O)Nc4cc(Cl)cc(Cl)c4)cc3)ccc2C)cc1. The maximum absolute atomic E-state index is 12.9. The van der Waals surface area contributed by atoms with Gasteiger partial charge in [-0.05, 0) is 86.1 Å². The molecule has 1 amide bonds. The van der Waals surface area contributed by atoms with Crippen LogP contribution in [0.4, 0.5) is 17.1 Å². The molecule has 0 aliphatic heterocycles. The molecule has 4 aromatic rings. The van der Waals surface area contributed by atoms with Gasteiger partial charge in [0.25, 0.3) is 26.0 Å². The average molecular weight is 605 g/mol. The molecule has 0 bridgehead atoms. The Bertz CT molecular complexity index is 1740. The predicted molar refractivity (Wildman–Crippen MR) is 155 cm³/mol. The van der Waals surface area contributed by atoms with E-state index in [1.54, 1.807) is 31.2 Å². The van der Waals surface area contributed by atoms with E-state index in [1.165, 1.54) is 60.7 Å². The number of aryl methyl sites for hydroxylation is 2. The number of rotatable bonds is 8. The van der Waals surface area contributed by atoms with Gasteiger partial charge in [-0.15, -0.1) is 0 Å². The van der Waals surface area contributed by atoms with Gasteiger partial charge in [0.05, 0.1) is 21.2 Å². The summed E-state index contributed by atoms with van der Waals surface area (Å²) in [4.78, 5) is 13.0. The van der Waals surface area contributed by atoms with E-state index in [2.05, 4.69) is 14.8 Å². The third-order valence-corrected chi connectivity index (χ3v) is 8.83. The number of hydrogen-bond acceptors (Lipinski definition) is 5. The molecule has 202 valence electrons. The normalized spacial score (nSPS) is 11.6. The van der Waals surface area contributed by atoms with Crippen LogP contribution in [0, 0.1) is 13.8 Å². The summed E-state index contributed by atoms with van der Waals surface area (Å²) in [5.74, 6) is -0.506. The van der Waals surface area contributed by atoms with Crippen LogP contribution in [0.2, 0.25) is 10.0 Å². The number of carbonyl (C=O) groups is 1. The third-order valence-electron chi connectivity index (χ3n) is 5.61. The smallest absolute Gasteiger partial charge is 0.261 e. The Balaban J connectivity index is 1.48. The minimum atomic E-state index is -3.94. The van der Waals surface area contributed by atoms with Gasteiger partial charge in [0.2, 0.25) is 0 Å². The highest BCUT2D eigenvalue weighted by molar-refractivity contribution is 7.93. The van der Waals surface area contributed by atoms with Gasteiger partial charge in [0, 0.05) is 21.3 Å². The molecule has 8 nitrogen and oxygen atoms in total. The number of carbonyl (C=O) groups excluding carboxylic acids is 1. The van der Waals surface area contributed by atoms with Gasteiger partial charge in [-0.1, -0.05) is 47.0 Å². The number of hydrogen-bond donors (Lipinski definition) is 3.